The predicted molar refractivity (Wildman–Crippen MR) is 72.4 cm³/mol. The monoisotopic (exact) mass is 482 g/mol. The molecule has 0 heterocycles. The third-order valence-electron chi connectivity index (χ3n) is 3.91. The van der Waals surface area contributed by atoms with Crippen LogP contribution in [0.3, 0.4) is 0 Å². The fourth-order valence-corrected chi connectivity index (χ4v) is 2.11. The lowest BCUT2D eigenvalue weighted by atomic mass is 9.89. The Morgan fingerprint density at radius 3 is 1.37 bits per heavy atom. The summed E-state index contributed by atoms with van der Waals surface area (Å²) in [4.78, 5) is 0. The van der Waals surface area contributed by atoms with Crippen LogP contribution in [0.4, 0.5) is 61.5 Å². The maximum Gasteiger partial charge on any atom is 0.460 e. The average molecular weight is 482 g/mol. The number of hydrogen-bond donors (Lipinski definition) is 3. The molecule has 0 aromatic heterocycles. The third-order valence-corrected chi connectivity index (χ3v) is 3.91. The normalized spacial score (nSPS) is 18.8. The molecule has 30 heavy (non-hydrogen) atoms. The number of halogens is 14. The zero-order valence-electron chi connectivity index (χ0n) is 14.6. The maximum atomic E-state index is 14.4. The van der Waals surface area contributed by atoms with E-state index in [1.807, 2.05) is 0 Å². The molecule has 2 unspecified atom stereocenters. The van der Waals surface area contributed by atoms with Crippen molar-refractivity contribution in [2.75, 3.05) is 13.1 Å². The molecule has 0 spiro atoms. The van der Waals surface area contributed by atoms with E-state index >= 15 is 0 Å². The Morgan fingerprint density at radius 1 is 0.567 bits per heavy atom. The molecule has 2 atom stereocenters. The number of unbranched alkanes of at least 4 members (excludes halogenated alkanes) is 3. The van der Waals surface area contributed by atoms with Gasteiger partial charge in [0.1, 0.15) is 0 Å². The lowest BCUT2D eigenvalue weighted by Gasteiger charge is -2.45. The highest BCUT2D eigenvalue weighted by Crippen LogP contribution is 2.60. The molecule has 0 bridgehead atoms. The second-order valence-corrected chi connectivity index (χ2v) is 6.13. The molecule has 0 aromatic rings. The van der Waals surface area contributed by atoms with E-state index < -0.39 is 54.7 Å². The first-order valence-electron chi connectivity index (χ1n) is 7.88. The maximum absolute atomic E-state index is 14.4. The Balaban J connectivity index is 6.30. The summed E-state index contributed by atoms with van der Waals surface area (Å²) in [6.07, 6.45) is -15.1. The second-order valence-electron chi connectivity index (χ2n) is 6.13. The Labute approximate surface area is 159 Å². The Hall–Kier alpha value is -1.10. The van der Waals surface area contributed by atoms with Crippen LogP contribution in [-0.4, -0.2) is 60.0 Å². The van der Waals surface area contributed by atoms with Crippen molar-refractivity contribution in [2.45, 2.75) is 67.5 Å². The number of nitrogens with two attached hydrogens (primary N) is 1. The fraction of sp³-hybridized carbons (Fsp3) is 1.00. The van der Waals surface area contributed by atoms with Crippen LogP contribution in [0.25, 0.3) is 0 Å². The van der Waals surface area contributed by atoms with Crippen molar-refractivity contribution in [1.29, 1.82) is 0 Å². The Kier molecular flexibility index (Phi) is 8.48. The zero-order chi connectivity index (χ0) is 24.4. The summed E-state index contributed by atoms with van der Waals surface area (Å²) in [5.41, 5.74) is 5.07. The average Bonchev–Trinajstić information content (AvgIpc) is 2.54. The molecule has 0 aliphatic carbocycles. The summed E-state index contributed by atoms with van der Waals surface area (Å²) < 4.78 is 182. The molecule has 0 saturated heterocycles. The van der Waals surface area contributed by atoms with E-state index in [0.717, 1.165) is 0 Å². The summed E-state index contributed by atoms with van der Waals surface area (Å²) >= 11 is 0. The van der Waals surface area contributed by atoms with Crippen LogP contribution in [0, 0.1) is 0 Å². The van der Waals surface area contributed by atoms with Crippen LogP contribution in [0.1, 0.15) is 25.7 Å². The van der Waals surface area contributed by atoms with E-state index in [0.29, 0.717) is 0 Å². The van der Waals surface area contributed by atoms with Gasteiger partial charge in [-0.2, -0.15) is 57.1 Å². The van der Waals surface area contributed by atoms with Crippen LogP contribution in [0.2, 0.25) is 0 Å². The van der Waals surface area contributed by atoms with Gasteiger partial charge < -0.3 is 10.8 Å². The number of rotatable bonds is 11. The molecule has 0 aromatic carbocycles. The molecule has 0 aliphatic rings. The van der Waals surface area contributed by atoms with Crippen LogP contribution in [-0.2, 0) is 0 Å². The first-order valence-corrected chi connectivity index (χ1v) is 7.88. The van der Waals surface area contributed by atoms with Crippen molar-refractivity contribution >= 4 is 0 Å². The van der Waals surface area contributed by atoms with Crippen molar-refractivity contribution in [3.05, 3.63) is 0 Å². The largest absolute Gasteiger partial charge is 0.460 e. The van der Waals surface area contributed by atoms with Gasteiger partial charge in [0, 0.05) is 0 Å². The van der Waals surface area contributed by atoms with Gasteiger partial charge in [-0.05, 0) is 25.9 Å². The Morgan fingerprint density at radius 2 is 1.00 bits per heavy atom. The summed E-state index contributed by atoms with van der Waals surface area (Å²) in [7, 11) is 0. The quantitative estimate of drug-likeness (QED) is 0.232. The van der Waals surface area contributed by atoms with Gasteiger partial charge in [0.15, 0.2) is 0 Å². The summed E-state index contributed by atoms with van der Waals surface area (Å²) in [6, 6.07) is 0. The number of alkyl halides is 14. The Bertz CT molecular complexity index is 559. The van der Waals surface area contributed by atoms with Gasteiger partial charge in [0.05, 0.1) is 0 Å². The van der Waals surface area contributed by atoms with Crippen LogP contribution < -0.4 is 11.1 Å². The molecule has 4 N–H and O–H groups in total. The summed E-state index contributed by atoms with van der Waals surface area (Å²) in [5, 5.41) is 8.81. The fourth-order valence-electron chi connectivity index (χ4n) is 2.11. The minimum atomic E-state index is -7.97. The molecule has 0 saturated carbocycles. The minimum absolute atomic E-state index is 0.0790. The lowest BCUT2D eigenvalue weighted by molar-refractivity contribution is -0.454. The lowest BCUT2D eigenvalue weighted by Crippen LogP contribution is -2.79. The number of hydrogen-bond acceptors (Lipinski definition) is 3. The van der Waals surface area contributed by atoms with Crippen LogP contribution >= 0.6 is 0 Å². The van der Waals surface area contributed by atoms with Crippen molar-refractivity contribution in [2.24, 2.45) is 5.73 Å². The second kappa shape index (κ2) is 8.80. The number of nitrogens with one attached hydrogen (secondary N) is 1. The standard InChI is InChI=1S/C13H16F14N2O/c14-7(15,9(18,19)12(22,23)24)8(16,17)10(20,11(21,30)13(25,26)27)29-6-4-2-1-3-5-28/h29-30H,1-6,28H2. The highest BCUT2D eigenvalue weighted by molar-refractivity contribution is 5.14. The molecule has 0 fully saturated rings. The predicted octanol–water partition coefficient (Wildman–Crippen LogP) is 4.45. The van der Waals surface area contributed by atoms with Gasteiger partial charge in [-0.3, -0.25) is 5.32 Å². The van der Waals surface area contributed by atoms with Gasteiger partial charge in [0.2, 0.25) is 0 Å². The topological polar surface area (TPSA) is 58.3 Å². The van der Waals surface area contributed by atoms with E-state index in [9.17, 15) is 61.5 Å². The molecular formula is C13H16F14N2O. The minimum Gasteiger partial charge on any atom is -0.351 e. The zero-order valence-corrected chi connectivity index (χ0v) is 14.6. The SMILES string of the molecule is NCCCCCCNC(F)(C(O)(F)C(F)(F)F)C(F)(F)C(F)(F)C(F)(F)C(F)(F)F. The van der Waals surface area contributed by atoms with Crippen molar-refractivity contribution in [1.82, 2.24) is 5.32 Å². The van der Waals surface area contributed by atoms with Crippen molar-refractivity contribution < 1.29 is 66.6 Å². The van der Waals surface area contributed by atoms with E-state index in [1.165, 1.54) is 0 Å². The van der Waals surface area contributed by atoms with Gasteiger partial charge in [-0.25, -0.2) is 4.39 Å². The smallest absolute Gasteiger partial charge is 0.351 e. The van der Waals surface area contributed by atoms with E-state index in [-0.39, 0.29) is 31.1 Å². The third kappa shape index (κ3) is 4.71. The van der Waals surface area contributed by atoms with Crippen LogP contribution in [0.5, 0.6) is 0 Å². The molecule has 0 aliphatic heterocycles. The van der Waals surface area contributed by atoms with Crippen LogP contribution in [0.15, 0.2) is 0 Å². The van der Waals surface area contributed by atoms with E-state index in [4.69, 9.17) is 10.8 Å². The van der Waals surface area contributed by atoms with Gasteiger partial charge in [-0.15, -0.1) is 0 Å². The molecule has 17 heteroatoms. The summed E-state index contributed by atoms with van der Waals surface area (Å²) in [6.45, 7) is -1.47. The number of aliphatic hydroxyl groups is 1. The van der Waals surface area contributed by atoms with Gasteiger partial charge >= 0.3 is 36.0 Å². The molecule has 0 rings (SSSR count). The van der Waals surface area contributed by atoms with Gasteiger partial charge in [0.25, 0.3) is 5.79 Å². The highest BCUT2D eigenvalue weighted by atomic mass is 19.4. The van der Waals surface area contributed by atoms with E-state index in [2.05, 4.69) is 0 Å². The van der Waals surface area contributed by atoms with Gasteiger partial charge in [-0.1, -0.05) is 12.8 Å². The first kappa shape index (κ1) is 28.9. The summed E-state index contributed by atoms with van der Waals surface area (Å²) in [5.74, 6) is -37.4. The molecule has 0 radical (unpaired) electrons. The highest BCUT2D eigenvalue weighted by Gasteiger charge is 2.92. The molecule has 0 amide bonds. The van der Waals surface area contributed by atoms with Crippen molar-refractivity contribution in [3.8, 4) is 0 Å². The van der Waals surface area contributed by atoms with Crippen molar-refractivity contribution in [3.63, 3.8) is 0 Å². The first-order chi connectivity index (χ1) is 13.1. The molecule has 182 valence electrons. The van der Waals surface area contributed by atoms with E-state index in [1.54, 1.807) is 0 Å². The molecular weight excluding hydrogens is 466 g/mol. The molecule has 3 nitrogen and oxygen atoms in total.